The fourth-order valence-corrected chi connectivity index (χ4v) is 1.80. The summed E-state index contributed by atoms with van der Waals surface area (Å²) < 4.78 is 13.4. The van der Waals surface area contributed by atoms with Gasteiger partial charge in [0.15, 0.2) is 0 Å². The van der Waals surface area contributed by atoms with E-state index in [-0.39, 0.29) is 5.82 Å². The molecular formula is C14H10ClFN2. The van der Waals surface area contributed by atoms with E-state index in [1.807, 2.05) is 6.07 Å². The lowest BCUT2D eigenvalue weighted by molar-refractivity contribution is 0.619. The Morgan fingerprint density at radius 3 is 2.67 bits per heavy atom. The summed E-state index contributed by atoms with van der Waals surface area (Å²) in [6, 6.07) is 11.7. The third-order valence-corrected chi connectivity index (χ3v) is 2.95. The predicted molar refractivity (Wildman–Crippen MR) is 70.6 cm³/mol. The maximum atomic E-state index is 13.4. The van der Waals surface area contributed by atoms with Crippen LogP contribution in [0.25, 0.3) is 0 Å². The monoisotopic (exact) mass is 260 g/mol. The van der Waals surface area contributed by atoms with Crippen LogP contribution in [-0.2, 0) is 0 Å². The molecule has 0 atom stereocenters. The molecular weight excluding hydrogens is 251 g/mol. The Kier molecular flexibility index (Phi) is 3.50. The van der Waals surface area contributed by atoms with Crippen molar-refractivity contribution in [1.29, 1.82) is 5.26 Å². The number of nitriles is 1. The second-order valence-corrected chi connectivity index (χ2v) is 4.25. The molecule has 0 amide bonds. The van der Waals surface area contributed by atoms with E-state index in [0.717, 1.165) is 0 Å². The van der Waals surface area contributed by atoms with E-state index >= 15 is 0 Å². The minimum Gasteiger partial charge on any atom is -0.354 e. The second kappa shape index (κ2) is 5.07. The molecule has 1 N–H and O–H groups in total. The van der Waals surface area contributed by atoms with Crippen molar-refractivity contribution in [2.75, 3.05) is 5.32 Å². The van der Waals surface area contributed by atoms with Gasteiger partial charge in [-0.25, -0.2) is 4.39 Å². The van der Waals surface area contributed by atoms with Crippen LogP contribution in [0.4, 0.5) is 15.8 Å². The van der Waals surface area contributed by atoms with Gasteiger partial charge in [0, 0.05) is 11.3 Å². The zero-order valence-corrected chi connectivity index (χ0v) is 10.4. The van der Waals surface area contributed by atoms with Crippen LogP contribution in [0.5, 0.6) is 0 Å². The summed E-state index contributed by atoms with van der Waals surface area (Å²) in [4.78, 5) is 0. The highest BCUT2D eigenvalue weighted by Crippen LogP contribution is 2.28. The first-order valence-corrected chi connectivity index (χ1v) is 5.71. The normalized spacial score (nSPS) is 9.89. The van der Waals surface area contributed by atoms with Crippen LogP contribution in [-0.4, -0.2) is 0 Å². The van der Waals surface area contributed by atoms with E-state index in [0.29, 0.717) is 27.5 Å². The maximum absolute atomic E-state index is 13.4. The van der Waals surface area contributed by atoms with Crippen molar-refractivity contribution < 1.29 is 4.39 Å². The summed E-state index contributed by atoms with van der Waals surface area (Å²) in [6.45, 7) is 1.69. The van der Waals surface area contributed by atoms with Gasteiger partial charge in [-0.2, -0.15) is 5.26 Å². The number of halogens is 2. The average molecular weight is 261 g/mol. The Morgan fingerprint density at radius 2 is 2.00 bits per heavy atom. The largest absolute Gasteiger partial charge is 0.354 e. The predicted octanol–water partition coefficient (Wildman–Crippen LogP) is 4.40. The number of nitrogens with zero attached hydrogens (tertiary/aromatic N) is 1. The van der Waals surface area contributed by atoms with Crippen molar-refractivity contribution in [3.05, 3.63) is 58.4 Å². The van der Waals surface area contributed by atoms with Crippen LogP contribution in [0, 0.1) is 24.1 Å². The average Bonchev–Trinajstić information content (AvgIpc) is 2.37. The minimum absolute atomic E-state index is 0.273. The Labute approximate surface area is 110 Å². The van der Waals surface area contributed by atoms with Crippen LogP contribution in [0.2, 0.25) is 5.02 Å². The summed E-state index contributed by atoms with van der Waals surface area (Å²) in [5.74, 6) is -0.273. The molecule has 0 unspecified atom stereocenters. The number of benzene rings is 2. The lowest BCUT2D eigenvalue weighted by Crippen LogP contribution is -1.96. The van der Waals surface area contributed by atoms with Crippen LogP contribution in [0.3, 0.4) is 0 Å². The zero-order valence-electron chi connectivity index (χ0n) is 9.67. The molecule has 0 spiro atoms. The SMILES string of the molecule is Cc1c(F)cccc1Nc1ccc(C#N)cc1Cl. The molecule has 0 aromatic heterocycles. The van der Waals surface area contributed by atoms with Crippen molar-refractivity contribution in [3.63, 3.8) is 0 Å². The summed E-state index contributed by atoms with van der Waals surface area (Å²) in [5, 5.41) is 12.2. The highest BCUT2D eigenvalue weighted by Gasteiger charge is 2.06. The van der Waals surface area contributed by atoms with Gasteiger partial charge in [-0.3, -0.25) is 0 Å². The highest BCUT2D eigenvalue weighted by molar-refractivity contribution is 6.33. The van der Waals surface area contributed by atoms with E-state index in [2.05, 4.69) is 5.32 Å². The van der Waals surface area contributed by atoms with Gasteiger partial charge in [0.25, 0.3) is 0 Å². The summed E-state index contributed by atoms with van der Waals surface area (Å²) >= 11 is 6.04. The fourth-order valence-electron chi connectivity index (χ4n) is 1.57. The molecule has 2 aromatic rings. The first-order chi connectivity index (χ1) is 8.61. The molecule has 2 aromatic carbocycles. The fraction of sp³-hybridized carbons (Fsp3) is 0.0714. The molecule has 4 heteroatoms. The third-order valence-electron chi connectivity index (χ3n) is 2.64. The summed E-state index contributed by atoms with van der Waals surface area (Å²) in [6.07, 6.45) is 0. The molecule has 0 heterocycles. The number of hydrogen-bond acceptors (Lipinski definition) is 2. The molecule has 0 aliphatic carbocycles. The topological polar surface area (TPSA) is 35.8 Å². The van der Waals surface area contributed by atoms with Gasteiger partial charge in [0.1, 0.15) is 5.82 Å². The quantitative estimate of drug-likeness (QED) is 0.869. The van der Waals surface area contributed by atoms with Crippen molar-refractivity contribution in [2.24, 2.45) is 0 Å². The van der Waals surface area contributed by atoms with Gasteiger partial charge >= 0.3 is 0 Å². The number of anilines is 2. The van der Waals surface area contributed by atoms with Gasteiger partial charge in [-0.05, 0) is 37.3 Å². The molecule has 18 heavy (non-hydrogen) atoms. The molecule has 0 bridgehead atoms. The number of rotatable bonds is 2. The maximum Gasteiger partial charge on any atom is 0.128 e. The van der Waals surface area contributed by atoms with Crippen molar-refractivity contribution in [3.8, 4) is 6.07 Å². The van der Waals surface area contributed by atoms with Crippen molar-refractivity contribution in [1.82, 2.24) is 0 Å². The molecule has 0 fully saturated rings. The Bertz CT molecular complexity index is 632. The molecule has 0 radical (unpaired) electrons. The van der Waals surface area contributed by atoms with Crippen LogP contribution < -0.4 is 5.32 Å². The van der Waals surface area contributed by atoms with E-state index in [1.165, 1.54) is 6.07 Å². The second-order valence-electron chi connectivity index (χ2n) is 3.84. The van der Waals surface area contributed by atoms with E-state index in [4.69, 9.17) is 16.9 Å². The van der Waals surface area contributed by atoms with Crippen molar-refractivity contribution in [2.45, 2.75) is 6.92 Å². The van der Waals surface area contributed by atoms with E-state index < -0.39 is 0 Å². The highest BCUT2D eigenvalue weighted by atomic mass is 35.5. The molecule has 0 saturated carbocycles. The van der Waals surface area contributed by atoms with Gasteiger partial charge in [0.05, 0.1) is 22.3 Å². The molecule has 2 rings (SSSR count). The van der Waals surface area contributed by atoms with Gasteiger partial charge in [0.2, 0.25) is 0 Å². The third kappa shape index (κ3) is 2.44. The molecule has 0 saturated heterocycles. The standard InChI is InChI=1S/C14H10ClFN2/c1-9-12(16)3-2-4-13(9)18-14-6-5-10(8-17)7-11(14)15/h2-7,18H,1H3. The molecule has 0 aliphatic rings. The number of nitrogens with one attached hydrogen (secondary N) is 1. The van der Waals surface area contributed by atoms with Crippen LogP contribution in [0.15, 0.2) is 36.4 Å². The van der Waals surface area contributed by atoms with Gasteiger partial charge in [-0.1, -0.05) is 17.7 Å². The smallest absolute Gasteiger partial charge is 0.128 e. The van der Waals surface area contributed by atoms with Crippen LogP contribution >= 0.6 is 11.6 Å². The Hall–Kier alpha value is -2.05. The Morgan fingerprint density at radius 1 is 1.22 bits per heavy atom. The lowest BCUT2D eigenvalue weighted by atomic mass is 10.1. The Balaban J connectivity index is 2.35. The molecule has 0 aliphatic heterocycles. The van der Waals surface area contributed by atoms with Crippen LogP contribution in [0.1, 0.15) is 11.1 Å². The zero-order chi connectivity index (χ0) is 13.1. The van der Waals surface area contributed by atoms with Crippen molar-refractivity contribution >= 4 is 23.0 Å². The minimum atomic E-state index is -0.273. The van der Waals surface area contributed by atoms with Gasteiger partial charge < -0.3 is 5.32 Å². The molecule has 90 valence electrons. The molecule has 2 nitrogen and oxygen atoms in total. The summed E-state index contributed by atoms with van der Waals surface area (Å²) in [5.41, 5.74) is 2.31. The summed E-state index contributed by atoms with van der Waals surface area (Å²) in [7, 11) is 0. The first-order valence-electron chi connectivity index (χ1n) is 5.33. The lowest BCUT2D eigenvalue weighted by Gasteiger charge is -2.11. The first kappa shape index (κ1) is 12.4. The van der Waals surface area contributed by atoms with E-state index in [9.17, 15) is 4.39 Å². The number of hydrogen-bond donors (Lipinski definition) is 1. The van der Waals surface area contributed by atoms with E-state index in [1.54, 1.807) is 37.3 Å². The van der Waals surface area contributed by atoms with Gasteiger partial charge in [-0.15, -0.1) is 0 Å².